The number of hydrogen-bond donors (Lipinski definition) is 2. The van der Waals surface area contributed by atoms with E-state index in [1.54, 1.807) is 0 Å². The highest BCUT2D eigenvalue weighted by molar-refractivity contribution is 7.88. The lowest BCUT2D eigenvalue weighted by atomic mass is 10.1. The summed E-state index contributed by atoms with van der Waals surface area (Å²) in [5.74, 6) is 0. The summed E-state index contributed by atoms with van der Waals surface area (Å²) in [5, 5.41) is 18.8. The van der Waals surface area contributed by atoms with Crippen molar-refractivity contribution in [1.29, 1.82) is 0 Å². The van der Waals surface area contributed by atoms with Gasteiger partial charge >= 0.3 is 0 Å². The number of nitrogens with two attached hydrogens (primary N) is 1. The summed E-state index contributed by atoms with van der Waals surface area (Å²) < 4.78 is 20.7. The number of aliphatic hydroxyl groups excluding tert-OH is 1. The molecule has 3 rings (SSSR count). The van der Waals surface area contributed by atoms with E-state index < -0.39 is 10.0 Å². The first-order valence-corrected chi connectivity index (χ1v) is 10.0. The van der Waals surface area contributed by atoms with Gasteiger partial charge in [-0.15, -0.1) is 0 Å². The van der Waals surface area contributed by atoms with Gasteiger partial charge in [-0.1, -0.05) is 41.4 Å². The molecule has 8 heteroatoms. The van der Waals surface area contributed by atoms with Crippen molar-refractivity contribution < 1.29 is 13.5 Å². The van der Waals surface area contributed by atoms with Crippen LogP contribution in [0.1, 0.15) is 11.3 Å². The molecule has 1 heterocycles. The fourth-order valence-corrected chi connectivity index (χ4v) is 2.34. The van der Waals surface area contributed by atoms with E-state index >= 15 is 0 Å². The second-order valence-corrected chi connectivity index (χ2v) is 7.86. The molecule has 0 bridgehead atoms. The monoisotopic (exact) mass is 393 g/mol. The third-order valence-corrected chi connectivity index (χ3v) is 3.59. The number of nitrogens with zero attached hydrogens (tertiary/aromatic N) is 2. The quantitative estimate of drug-likeness (QED) is 0.714. The molecule has 26 heavy (non-hydrogen) atoms. The summed E-state index contributed by atoms with van der Waals surface area (Å²) in [6.07, 6.45) is 0.938. The van der Waals surface area contributed by atoms with Crippen LogP contribution in [0.3, 0.4) is 0 Å². The van der Waals surface area contributed by atoms with E-state index in [0.29, 0.717) is 10.7 Å². The van der Waals surface area contributed by atoms with Crippen molar-refractivity contribution in [2.24, 2.45) is 5.14 Å². The van der Waals surface area contributed by atoms with E-state index in [2.05, 4.69) is 10.2 Å². The number of aryl methyl sites for hydroxylation is 1. The molecule has 0 saturated heterocycles. The first-order chi connectivity index (χ1) is 12.2. The van der Waals surface area contributed by atoms with Gasteiger partial charge in [-0.25, -0.2) is 18.2 Å². The van der Waals surface area contributed by atoms with Crippen molar-refractivity contribution in [3.63, 3.8) is 0 Å². The minimum absolute atomic E-state index is 0.0839. The highest BCUT2D eigenvalue weighted by Crippen LogP contribution is 2.25. The van der Waals surface area contributed by atoms with Crippen molar-refractivity contribution in [1.82, 2.24) is 9.78 Å². The Morgan fingerprint density at radius 3 is 2.15 bits per heavy atom. The molecular formula is C18H20ClN3O3S. The average molecular weight is 394 g/mol. The fraction of sp³-hybridized carbons (Fsp3) is 0.167. The molecule has 0 saturated carbocycles. The Morgan fingerprint density at radius 2 is 1.65 bits per heavy atom. The molecule has 0 aliphatic heterocycles. The minimum atomic E-state index is -3.17. The minimum Gasteiger partial charge on any atom is -0.390 e. The normalized spacial score (nSPS) is 11.0. The van der Waals surface area contributed by atoms with Crippen LogP contribution in [0.2, 0.25) is 5.02 Å². The van der Waals surface area contributed by atoms with Crippen LogP contribution in [0.15, 0.2) is 54.6 Å². The molecule has 0 aliphatic rings. The third-order valence-electron chi connectivity index (χ3n) is 3.34. The van der Waals surface area contributed by atoms with Crippen molar-refractivity contribution >= 4 is 21.6 Å². The molecule has 0 atom stereocenters. The van der Waals surface area contributed by atoms with Gasteiger partial charge in [0, 0.05) is 10.6 Å². The average Bonchev–Trinajstić information content (AvgIpc) is 2.99. The van der Waals surface area contributed by atoms with Gasteiger partial charge in [0.05, 0.1) is 29.9 Å². The van der Waals surface area contributed by atoms with Gasteiger partial charge in [0.15, 0.2) is 0 Å². The smallest absolute Gasteiger partial charge is 0.206 e. The van der Waals surface area contributed by atoms with Crippen LogP contribution in [0.4, 0.5) is 0 Å². The second-order valence-electron chi connectivity index (χ2n) is 5.76. The Kier molecular flexibility index (Phi) is 6.55. The van der Waals surface area contributed by atoms with E-state index in [1.165, 1.54) is 5.56 Å². The predicted molar refractivity (Wildman–Crippen MR) is 104 cm³/mol. The molecular weight excluding hydrogens is 374 g/mol. The number of aromatic nitrogens is 2. The second kappa shape index (κ2) is 8.46. The summed E-state index contributed by atoms with van der Waals surface area (Å²) in [7, 11) is -3.17. The Hall–Kier alpha value is -2.19. The van der Waals surface area contributed by atoms with Gasteiger partial charge in [0.2, 0.25) is 10.0 Å². The van der Waals surface area contributed by atoms with Gasteiger partial charge in [-0.2, -0.15) is 5.10 Å². The van der Waals surface area contributed by atoms with Crippen LogP contribution < -0.4 is 5.14 Å². The number of sulfonamides is 1. The van der Waals surface area contributed by atoms with Crippen molar-refractivity contribution in [3.05, 3.63) is 70.9 Å². The number of rotatable bonds is 3. The first kappa shape index (κ1) is 20.1. The zero-order valence-electron chi connectivity index (χ0n) is 14.4. The SMILES string of the molecule is CS(N)(=O)=O.Cc1ccc(-n2nc(CO)cc2-c2ccc(Cl)cc2)cc1. The molecule has 3 aromatic rings. The molecule has 0 aliphatic carbocycles. The van der Waals surface area contributed by atoms with E-state index in [9.17, 15) is 13.5 Å². The van der Waals surface area contributed by atoms with Crippen LogP contribution in [0, 0.1) is 6.92 Å². The molecule has 0 fully saturated rings. The number of primary sulfonamides is 1. The highest BCUT2D eigenvalue weighted by atomic mass is 35.5. The Balaban J connectivity index is 0.000000431. The lowest BCUT2D eigenvalue weighted by Crippen LogP contribution is -2.07. The summed E-state index contributed by atoms with van der Waals surface area (Å²) in [6, 6.07) is 17.6. The molecule has 0 amide bonds. The predicted octanol–water partition coefficient (Wildman–Crippen LogP) is 2.90. The summed E-state index contributed by atoms with van der Waals surface area (Å²) in [5.41, 5.74) is 4.74. The highest BCUT2D eigenvalue weighted by Gasteiger charge is 2.11. The van der Waals surface area contributed by atoms with Crippen molar-refractivity contribution in [2.75, 3.05) is 6.26 Å². The lowest BCUT2D eigenvalue weighted by Gasteiger charge is -2.08. The number of halogens is 1. The molecule has 3 N–H and O–H groups in total. The van der Waals surface area contributed by atoms with Crippen LogP contribution >= 0.6 is 11.6 Å². The molecule has 0 radical (unpaired) electrons. The van der Waals surface area contributed by atoms with E-state index in [0.717, 1.165) is 23.2 Å². The zero-order chi connectivity index (χ0) is 19.3. The molecule has 6 nitrogen and oxygen atoms in total. The fourth-order valence-electron chi connectivity index (χ4n) is 2.22. The van der Waals surface area contributed by atoms with E-state index in [1.807, 2.05) is 66.2 Å². The topological polar surface area (TPSA) is 98.2 Å². The third kappa shape index (κ3) is 5.96. The van der Waals surface area contributed by atoms with Gasteiger partial charge in [-0.3, -0.25) is 0 Å². The molecule has 0 spiro atoms. The van der Waals surface area contributed by atoms with E-state index in [-0.39, 0.29) is 6.61 Å². The first-order valence-electron chi connectivity index (χ1n) is 7.68. The summed E-state index contributed by atoms with van der Waals surface area (Å²) in [6.45, 7) is 1.96. The summed E-state index contributed by atoms with van der Waals surface area (Å²) >= 11 is 5.94. The number of aliphatic hydroxyl groups is 1. The van der Waals surface area contributed by atoms with Crippen LogP contribution in [-0.2, 0) is 16.6 Å². The van der Waals surface area contributed by atoms with Gasteiger partial charge in [0.1, 0.15) is 0 Å². The number of benzene rings is 2. The summed E-state index contributed by atoms with van der Waals surface area (Å²) in [4.78, 5) is 0. The molecule has 1 aromatic heterocycles. The van der Waals surface area contributed by atoms with E-state index in [4.69, 9.17) is 11.6 Å². The standard InChI is InChI=1S/C17H15ClN2O.CH5NO2S/c1-12-2-8-16(9-3-12)20-17(10-15(11-21)19-20)13-4-6-14(18)7-5-13;1-5(2,3)4/h2-10,21H,11H2,1H3;1H3,(H2,2,3,4). The molecule has 2 aromatic carbocycles. The van der Waals surface area contributed by atoms with Crippen molar-refractivity contribution in [3.8, 4) is 16.9 Å². The molecule has 0 unspecified atom stereocenters. The molecule has 138 valence electrons. The maximum absolute atomic E-state index is 9.41. The van der Waals surface area contributed by atoms with Crippen LogP contribution in [0.25, 0.3) is 16.9 Å². The van der Waals surface area contributed by atoms with Crippen LogP contribution in [-0.4, -0.2) is 29.6 Å². The van der Waals surface area contributed by atoms with Crippen molar-refractivity contribution in [2.45, 2.75) is 13.5 Å². The Labute approximate surface area is 157 Å². The zero-order valence-corrected chi connectivity index (χ0v) is 16.0. The van der Waals surface area contributed by atoms with Gasteiger partial charge in [-0.05, 0) is 37.3 Å². The Bertz CT molecular complexity index is 895. The maximum atomic E-state index is 9.41. The Morgan fingerprint density at radius 1 is 1.12 bits per heavy atom. The number of hydrogen-bond acceptors (Lipinski definition) is 4. The lowest BCUT2D eigenvalue weighted by molar-refractivity contribution is 0.276. The van der Waals surface area contributed by atoms with Gasteiger partial charge in [0.25, 0.3) is 0 Å². The largest absolute Gasteiger partial charge is 0.390 e. The van der Waals surface area contributed by atoms with Crippen LogP contribution in [0.5, 0.6) is 0 Å². The maximum Gasteiger partial charge on any atom is 0.206 e. The van der Waals surface area contributed by atoms with Gasteiger partial charge < -0.3 is 5.11 Å².